The minimum absolute atomic E-state index is 0.00729. The first-order valence-electron chi connectivity index (χ1n) is 13.2. The van der Waals surface area contributed by atoms with Gasteiger partial charge in [-0.3, -0.25) is 14.4 Å². The number of carbonyl (C=O) groups excluding carboxylic acids is 4. The zero-order chi connectivity index (χ0) is 26.2. The first-order chi connectivity index (χ1) is 17.4. The van der Waals surface area contributed by atoms with Crippen molar-refractivity contribution in [2.75, 3.05) is 13.6 Å². The summed E-state index contributed by atoms with van der Waals surface area (Å²) in [4.78, 5) is 53.2. The van der Waals surface area contributed by atoms with E-state index in [0.29, 0.717) is 24.8 Å². The Labute approximate surface area is 215 Å². The van der Waals surface area contributed by atoms with Gasteiger partial charge in [-0.15, -0.1) is 0 Å². The Morgan fingerprint density at radius 1 is 0.889 bits per heavy atom. The molecule has 7 nitrogen and oxygen atoms in total. The van der Waals surface area contributed by atoms with Gasteiger partial charge in [0.2, 0.25) is 5.91 Å². The maximum absolute atomic E-state index is 12.7. The maximum atomic E-state index is 12.7. The summed E-state index contributed by atoms with van der Waals surface area (Å²) in [6.45, 7) is 2.02. The van der Waals surface area contributed by atoms with Crippen LogP contribution in [0.5, 0.6) is 0 Å². The molecule has 2 N–H and O–H groups in total. The lowest BCUT2D eigenvalue weighted by Crippen LogP contribution is -2.44. The van der Waals surface area contributed by atoms with Crippen molar-refractivity contribution in [3.63, 3.8) is 0 Å². The van der Waals surface area contributed by atoms with Gasteiger partial charge in [0.25, 0.3) is 5.91 Å². The predicted octanol–water partition coefficient (Wildman–Crippen LogP) is 5.12. The second-order valence-electron chi connectivity index (χ2n) is 9.45. The number of nitrogens with zero attached hydrogens (tertiary/aromatic N) is 1. The topological polar surface area (TPSA) is 99.3 Å². The quantitative estimate of drug-likeness (QED) is 0.170. The molecule has 2 amide bonds. The molecule has 1 atom stereocenters. The number of hydrogen-bond acceptors (Lipinski definition) is 4. The highest BCUT2D eigenvalue weighted by Gasteiger charge is 2.20. The molecule has 0 fully saturated rings. The third-order valence-corrected chi connectivity index (χ3v) is 6.26. The van der Waals surface area contributed by atoms with Crippen molar-refractivity contribution < 1.29 is 19.2 Å². The van der Waals surface area contributed by atoms with Crippen molar-refractivity contribution in [1.29, 1.82) is 0 Å². The number of amides is 2. The van der Waals surface area contributed by atoms with E-state index in [4.69, 9.17) is 0 Å². The van der Waals surface area contributed by atoms with Crippen molar-refractivity contribution in [3.05, 3.63) is 59.4 Å². The molecule has 1 heterocycles. The average molecular weight is 496 g/mol. The van der Waals surface area contributed by atoms with Crippen LogP contribution in [0, 0.1) is 0 Å². The van der Waals surface area contributed by atoms with E-state index in [1.165, 1.54) is 50.5 Å². The summed E-state index contributed by atoms with van der Waals surface area (Å²) in [5.74, 6) is -0.822. The van der Waals surface area contributed by atoms with Gasteiger partial charge in [-0.25, -0.2) is 0 Å². The van der Waals surface area contributed by atoms with Gasteiger partial charge in [-0.1, -0.05) is 88.6 Å². The number of nitrogens with one attached hydrogen (secondary N) is 2. The maximum Gasteiger partial charge on any atom is 0.270 e. The minimum atomic E-state index is -0.667. The molecule has 2 rings (SSSR count). The van der Waals surface area contributed by atoms with Crippen LogP contribution in [-0.4, -0.2) is 53.4 Å². The summed E-state index contributed by atoms with van der Waals surface area (Å²) < 4.78 is 0. The summed E-state index contributed by atoms with van der Waals surface area (Å²) in [7, 11) is 1.51. The van der Waals surface area contributed by atoms with Gasteiger partial charge in [0.15, 0.2) is 5.78 Å². The van der Waals surface area contributed by atoms with Gasteiger partial charge in [0.1, 0.15) is 12.0 Å². The van der Waals surface area contributed by atoms with E-state index in [1.54, 1.807) is 12.1 Å². The largest absolute Gasteiger partial charge is 0.348 e. The monoisotopic (exact) mass is 495 g/mol. The van der Waals surface area contributed by atoms with Crippen LogP contribution in [-0.2, 0) is 16.0 Å². The van der Waals surface area contributed by atoms with Gasteiger partial charge in [0.05, 0.1) is 18.3 Å². The van der Waals surface area contributed by atoms with Crippen molar-refractivity contribution in [2.45, 2.75) is 83.6 Å². The van der Waals surface area contributed by atoms with E-state index >= 15 is 0 Å². The number of aldehydes is 1. The smallest absolute Gasteiger partial charge is 0.270 e. The molecule has 0 saturated heterocycles. The molecular weight excluding hydrogens is 454 g/mol. The zero-order valence-corrected chi connectivity index (χ0v) is 21.8. The number of likely N-dealkylation sites (N-methyl/N-ethyl adjacent to an activating group) is 1. The highest BCUT2D eigenvalue weighted by molar-refractivity contribution is 5.99. The molecule has 1 unspecified atom stereocenters. The number of carbonyl (C=O) groups is 4. The van der Waals surface area contributed by atoms with Crippen LogP contribution >= 0.6 is 0 Å². The number of aromatic nitrogens is 1. The lowest BCUT2D eigenvalue weighted by Gasteiger charge is -2.18. The summed E-state index contributed by atoms with van der Waals surface area (Å²) in [6.07, 6.45) is 12.2. The van der Waals surface area contributed by atoms with Crippen LogP contribution < -0.4 is 5.32 Å². The molecule has 0 radical (unpaired) electrons. The van der Waals surface area contributed by atoms with E-state index in [0.717, 1.165) is 24.8 Å². The van der Waals surface area contributed by atoms with E-state index in [-0.39, 0.29) is 18.0 Å². The number of ketones is 1. The molecule has 0 saturated carbocycles. The number of rotatable bonds is 18. The van der Waals surface area contributed by atoms with Crippen molar-refractivity contribution in [1.82, 2.24) is 15.2 Å². The van der Waals surface area contributed by atoms with Crippen LogP contribution in [0.15, 0.2) is 42.5 Å². The first-order valence-corrected chi connectivity index (χ1v) is 13.2. The van der Waals surface area contributed by atoms with E-state index in [9.17, 15) is 19.2 Å². The minimum Gasteiger partial charge on any atom is -0.348 e. The zero-order valence-electron chi connectivity index (χ0n) is 21.8. The fraction of sp³-hybridized carbons (Fsp3) is 0.517. The fourth-order valence-electron chi connectivity index (χ4n) is 4.16. The van der Waals surface area contributed by atoms with Crippen molar-refractivity contribution in [2.24, 2.45) is 0 Å². The van der Waals surface area contributed by atoms with Crippen LogP contribution in [0.3, 0.4) is 0 Å². The SMILES string of the molecule is CCCCCCCCCCCC(=O)c1ccc(C(=O)N(C)CC(=O)NC(C=O)Cc2ccccc2)[nH]1. The number of hydrogen-bond donors (Lipinski definition) is 2. The van der Waals surface area contributed by atoms with Gasteiger partial charge in [-0.05, 0) is 30.5 Å². The number of H-pyrrole nitrogens is 1. The number of Topliss-reactive ketones (excluding diaryl/α,β-unsaturated/α-hetero) is 1. The Bertz CT molecular complexity index is 954. The molecule has 196 valence electrons. The number of aromatic amines is 1. The Morgan fingerprint density at radius 3 is 2.14 bits per heavy atom. The lowest BCUT2D eigenvalue weighted by molar-refractivity contribution is -0.124. The third-order valence-electron chi connectivity index (χ3n) is 6.26. The van der Waals surface area contributed by atoms with Crippen LogP contribution in [0.2, 0.25) is 0 Å². The molecule has 36 heavy (non-hydrogen) atoms. The number of unbranched alkanes of at least 4 members (excludes halogenated alkanes) is 8. The lowest BCUT2D eigenvalue weighted by atomic mass is 10.0. The van der Waals surface area contributed by atoms with E-state index in [1.807, 2.05) is 30.3 Å². The molecular formula is C29H41N3O4. The van der Waals surface area contributed by atoms with Gasteiger partial charge < -0.3 is 20.0 Å². The summed E-state index contributed by atoms with van der Waals surface area (Å²) in [6, 6.07) is 11.9. The van der Waals surface area contributed by atoms with Gasteiger partial charge in [-0.2, -0.15) is 0 Å². The Balaban J connectivity index is 1.72. The average Bonchev–Trinajstić information content (AvgIpc) is 3.37. The second kappa shape index (κ2) is 16.5. The predicted molar refractivity (Wildman–Crippen MR) is 142 cm³/mol. The molecule has 0 aliphatic heterocycles. The molecule has 0 aliphatic carbocycles. The van der Waals surface area contributed by atoms with Crippen LogP contribution in [0.25, 0.3) is 0 Å². The van der Waals surface area contributed by atoms with Crippen LogP contribution in [0.1, 0.15) is 97.7 Å². The third kappa shape index (κ3) is 10.6. The molecule has 0 aliphatic rings. The van der Waals surface area contributed by atoms with Crippen molar-refractivity contribution in [3.8, 4) is 0 Å². The highest BCUT2D eigenvalue weighted by atomic mass is 16.2. The Morgan fingerprint density at radius 2 is 1.50 bits per heavy atom. The second-order valence-corrected chi connectivity index (χ2v) is 9.45. The molecule has 2 aromatic rings. The number of benzene rings is 1. The van der Waals surface area contributed by atoms with Crippen molar-refractivity contribution >= 4 is 23.9 Å². The summed E-state index contributed by atoms with van der Waals surface area (Å²) in [5, 5.41) is 2.66. The summed E-state index contributed by atoms with van der Waals surface area (Å²) >= 11 is 0. The molecule has 1 aromatic heterocycles. The van der Waals surface area contributed by atoms with Gasteiger partial charge in [0, 0.05) is 13.5 Å². The Kier molecular flexibility index (Phi) is 13.3. The standard InChI is InChI=1S/C29H41N3O4/c1-3-4-5-6-7-8-9-10-14-17-27(34)25-18-19-26(31-25)29(36)32(2)21-28(35)30-24(22-33)20-23-15-12-11-13-16-23/h11-13,15-16,18-19,22,24,31H,3-10,14,17,20-21H2,1-2H3,(H,30,35). The van der Waals surface area contributed by atoms with Crippen LogP contribution in [0.4, 0.5) is 0 Å². The highest BCUT2D eigenvalue weighted by Crippen LogP contribution is 2.13. The molecule has 0 bridgehead atoms. The molecule has 1 aromatic carbocycles. The Hall–Kier alpha value is -3.22. The molecule has 7 heteroatoms. The van der Waals surface area contributed by atoms with Gasteiger partial charge >= 0.3 is 0 Å². The summed E-state index contributed by atoms with van der Waals surface area (Å²) in [5.41, 5.74) is 1.61. The normalized spacial score (nSPS) is 11.6. The van der Waals surface area contributed by atoms with E-state index in [2.05, 4.69) is 17.2 Å². The van der Waals surface area contributed by atoms with E-state index < -0.39 is 17.9 Å². The fourth-order valence-corrected chi connectivity index (χ4v) is 4.16. The first kappa shape index (κ1) is 29.0. The molecule has 0 spiro atoms.